The number of nitrogens with one attached hydrogen (secondary N) is 5. The smallest absolute Gasteiger partial charge is 0.268 e. The summed E-state index contributed by atoms with van der Waals surface area (Å²) in [5.74, 6) is -3.80. The Morgan fingerprint density at radius 2 is 1.72 bits per heavy atom. The van der Waals surface area contributed by atoms with Gasteiger partial charge in [0.2, 0.25) is 29.5 Å². The lowest BCUT2D eigenvalue weighted by Gasteiger charge is -2.28. The fourth-order valence-corrected chi connectivity index (χ4v) is 5.01. The molecule has 1 aromatic heterocycles. The maximum Gasteiger partial charge on any atom is 0.268 e. The van der Waals surface area contributed by atoms with Crippen LogP contribution in [0.3, 0.4) is 0 Å². The molecule has 46 heavy (non-hydrogen) atoms. The highest BCUT2D eigenvalue weighted by molar-refractivity contribution is 5.98. The van der Waals surface area contributed by atoms with Crippen molar-refractivity contribution in [1.29, 1.82) is 5.26 Å². The fraction of sp³-hybridized carbons (Fsp3) is 0.469. The van der Waals surface area contributed by atoms with Crippen molar-refractivity contribution >= 4 is 35.4 Å². The number of aryl methyl sites for hydroxylation is 1. The van der Waals surface area contributed by atoms with E-state index in [1.807, 2.05) is 36.4 Å². The zero-order valence-corrected chi connectivity index (χ0v) is 26.8. The van der Waals surface area contributed by atoms with E-state index >= 15 is 0 Å². The van der Waals surface area contributed by atoms with Crippen molar-refractivity contribution in [1.82, 2.24) is 36.1 Å². The Hall–Kier alpha value is -5.19. The van der Waals surface area contributed by atoms with Crippen molar-refractivity contribution in [2.45, 2.75) is 64.2 Å². The second kappa shape index (κ2) is 16.2. The number of hydrogen-bond acceptors (Lipinski definition) is 7. The minimum Gasteiger partial charge on any atom is -0.355 e. The van der Waals surface area contributed by atoms with Gasteiger partial charge >= 0.3 is 0 Å². The summed E-state index contributed by atoms with van der Waals surface area (Å²) in [7, 11) is 3.05. The van der Waals surface area contributed by atoms with Crippen LogP contribution in [0.25, 0.3) is 0 Å². The summed E-state index contributed by atoms with van der Waals surface area (Å²) in [4.78, 5) is 80.6. The molecule has 1 saturated heterocycles. The third-order valence-corrected chi connectivity index (χ3v) is 7.63. The number of benzene rings is 1. The van der Waals surface area contributed by atoms with Gasteiger partial charge in [-0.3, -0.25) is 28.8 Å². The van der Waals surface area contributed by atoms with Crippen molar-refractivity contribution in [3.05, 3.63) is 59.4 Å². The van der Waals surface area contributed by atoms with Gasteiger partial charge in [0.05, 0.1) is 12.1 Å². The van der Waals surface area contributed by atoms with E-state index in [1.165, 1.54) is 35.7 Å². The van der Waals surface area contributed by atoms with Gasteiger partial charge in [-0.2, -0.15) is 5.26 Å². The standard InChI is InChI=1S/C32H42N8O6/c1-19(2)27-31(45)35-20(3)28(42)37-24(14-21-10-7-6-8-11-21)32(46)40(5)18-26(41)34-13-9-12-23(29(43)38-27)36-30(44)25-15-22(16-33)17-39(25)4/h6-8,10-11,15,17,19-20,23-24,27H,9,12-14,18H2,1-5H3,(H,34,41)(H,35,45)(H,36,44)(H,37,42)(H,38,43)/t20-,23+,24+,27-/m1/s1. The summed E-state index contributed by atoms with van der Waals surface area (Å²) in [6.07, 6.45) is 2.03. The quantitative estimate of drug-likeness (QED) is 0.299. The van der Waals surface area contributed by atoms with E-state index in [2.05, 4.69) is 26.6 Å². The normalized spacial score (nSPS) is 22.5. The molecule has 1 aliphatic heterocycles. The van der Waals surface area contributed by atoms with Crippen LogP contribution in [0, 0.1) is 17.2 Å². The molecule has 1 aliphatic rings. The first-order valence-corrected chi connectivity index (χ1v) is 15.1. The van der Waals surface area contributed by atoms with Crippen LogP contribution in [0.5, 0.6) is 0 Å². The molecule has 0 radical (unpaired) electrons. The summed E-state index contributed by atoms with van der Waals surface area (Å²) in [6.45, 7) is 4.77. The van der Waals surface area contributed by atoms with E-state index in [-0.39, 0.29) is 43.6 Å². The van der Waals surface area contributed by atoms with Gasteiger partial charge in [0.15, 0.2) is 0 Å². The third kappa shape index (κ3) is 9.65. The van der Waals surface area contributed by atoms with Gasteiger partial charge in [0, 0.05) is 33.3 Å². The third-order valence-electron chi connectivity index (χ3n) is 7.63. The average Bonchev–Trinajstić information content (AvgIpc) is 3.40. The van der Waals surface area contributed by atoms with Crippen LogP contribution in [0.1, 0.15) is 55.2 Å². The van der Waals surface area contributed by atoms with Crippen LogP contribution in [0.4, 0.5) is 0 Å². The van der Waals surface area contributed by atoms with Gasteiger partial charge in [0.25, 0.3) is 5.91 Å². The van der Waals surface area contributed by atoms with Gasteiger partial charge in [0.1, 0.15) is 35.9 Å². The van der Waals surface area contributed by atoms with E-state index in [9.17, 15) is 34.0 Å². The topological polar surface area (TPSA) is 195 Å². The number of hydrogen-bond donors (Lipinski definition) is 5. The van der Waals surface area contributed by atoms with E-state index in [4.69, 9.17) is 0 Å². The Labute approximate surface area is 268 Å². The van der Waals surface area contributed by atoms with Crippen LogP contribution in [0.2, 0.25) is 0 Å². The van der Waals surface area contributed by atoms with Gasteiger partial charge in [-0.25, -0.2) is 0 Å². The van der Waals surface area contributed by atoms with Gasteiger partial charge in [-0.1, -0.05) is 44.2 Å². The summed E-state index contributed by atoms with van der Waals surface area (Å²) >= 11 is 0. The lowest BCUT2D eigenvalue weighted by molar-refractivity contribution is -0.139. The van der Waals surface area contributed by atoms with Gasteiger partial charge in [-0.15, -0.1) is 0 Å². The molecule has 14 heteroatoms. The number of nitriles is 1. The largest absolute Gasteiger partial charge is 0.355 e. The minimum absolute atomic E-state index is 0.104. The molecule has 3 rings (SSSR count). The van der Waals surface area contributed by atoms with Crippen LogP contribution in [-0.4, -0.2) is 89.2 Å². The van der Waals surface area contributed by atoms with Crippen molar-refractivity contribution in [3.63, 3.8) is 0 Å². The van der Waals surface area contributed by atoms with Crippen molar-refractivity contribution < 1.29 is 28.8 Å². The molecule has 4 atom stereocenters. The maximum atomic E-state index is 13.5. The second-order valence-electron chi connectivity index (χ2n) is 11.8. The SMILES string of the molecule is CC(C)[C@H]1NC(=O)[C@@H](NC(=O)c2cc(C#N)cn2C)CCCNC(=O)CN(C)C(=O)[C@H](Cc2ccccc2)NC(=O)[C@@H](C)NC1=O. The number of carbonyl (C=O) groups is 6. The van der Waals surface area contributed by atoms with E-state index in [0.717, 1.165) is 5.56 Å². The number of carbonyl (C=O) groups excluding carboxylic acids is 6. The summed E-state index contributed by atoms with van der Waals surface area (Å²) < 4.78 is 1.46. The first-order valence-electron chi connectivity index (χ1n) is 15.1. The van der Waals surface area contributed by atoms with Gasteiger partial charge < -0.3 is 36.1 Å². The minimum atomic E-state index is -1.10. The van der Waals surface area contributed by atoms with Crippen LogP contribution in [0.15, 0.2) is 42.6 Å². The van der Waals surface area contributed by atoms with E-state index in [1.54, 1.807) is 20.9 Å². The molecule has 0 aliphatic carbocycles. The summed E-state index contributed by atoms with van der Waals surface area (Å²) in [5.41, 5.74) is 1.22. The highest BCUT2D eigenvalue weighted by Gasteiger charge is 2.32. The fourth-order valence-electron chi connectivity index (χ4n) is 5.01. The Morgan fingerprint density at radius 3 is 2.35 bits per heavy atom. The van der Waals surface area contributed by atoms with Crippen LogP contribution in [-0.2, 0) is 37.4 Å². The number of aromatic nitrogens is 1. The monoisotopic (exact) mass is 634 g/mol. The first-order chi connectivity index (χ1) is 21.8. The van der Waals surface area contributed by atoms with Crippen molar-refractivity contribution in [2.75, 3.05) is 20.1 Å². The lowest BCUT2D eigenvalue weighted by atomic mass is 10.0. The molecule has 2 heterocycles. The molecule has 0 saturated carbocycles. The van der Waals surface area contributed by atoms with E-state index in [0.29, 0.717) is 0 Å². The lowest BCUT2D eigenvalue weighted by Crippen LogP contribution is -2.59. The molecule has 1 fully saturated rings. The van der Waals surface area contributed by atoms with Crippen LogP contribution >= 0.6 is 0 Å². The van der Waals surface area contributed by atoms with Crippen molar-refractivity contribution in [3.8, 4) is 6.07 Å². The summed E-state index contributed by atoms with van der Waals surface area (Å²) in [5, 5.41) is 22.6. The predicted molar refractivity (Wildman–Crippen MR) is 168 cm³/mol. The number of nitrogens with zero attached hydrogens (tertiary/aromatic N) is 3. The number of amides is 6. The Balaban J connectivity index is 1.86. The number of likely N-dealkylation sites (N-methyl/N-ethyl adjacent to an activating group) is 1. The summed E-state index contributed by atoms with van der Waals surface area (Å²) in [6, 6.07) is 8.20. The highest BCUT2D eigenvalue weighted by atomic mass is 16.2. The molecule has 0 unspecified atom stereocenters. The average molecular weight is 635 g/mol. The Morgan fingerprint density at radius 1 is 1.02 bits per heavy atom. The molecule has 246 valence electrons. The molecule has 6 amide bonds. The van der Waals surface area contributed by atoms with Gasteiger partial charge in [-0.05, 0) is 37.3 Å². The molecule has 0 bridgehead atoms. The first kappa shape index (κ1) is 35.3. The Bertz CT molecular complexity index is 1480. The number of rotatable bonds is 5. The molecule has 5 N–H and O–H groups in total. The molecule has 2 aromatic rings. The predicted octanol–water partition coefficient (Wildman–Crippen LogP) is -0.263. The second-order valence-corrected chi connectivity index (χ2v) is 11.8. The molecular weight excluding hydrogens is 592 g/mol. The molecular formula is C32H42N8O6. The molecule has 14 nitrogen and oxygen atoms in total. The molecule has 0 spiro atoms. The highest BCUT2D eigenvalue weighted by Crippen LogP contribution is 2.11. The Kier molecular flexibility index (Phi) is 12.4. The van der Waals surface area contributed by atoms with Crippen LogP contribution < -0.4 is 26.6 Å². The van der Waals surface area contributed by atoms with E-state index < -0.39 is 65.5 Å². The maximum absolute atomic E-state index is 13.5. The zero-order chi connectivity index (χ0) is 34.0. The molecule has 1 aromatic carbocycles. The zero-order valence-electron chi connectivity index (χ0n) is 26.8. The van der Waals surface area contributed by atoms with Crippen molar-refractivity contribution in [2.24, 2.45) is 13.0 Å².